The predicted molar refractivity (Wildman–Crippen MR) is 121 cm³/mol. The van der Waals surface area contributed by atoms with Crippen LogP contribution in [-0.4, -0.2) is 74.0 Å². The zero-order valence-electron chi connectivity index (χ0n) is 17.9. The van der Waals surface area contributed by atoms with Gasteiger partial charge in [-0.25, -0.2) is 9.97 Å². The van der Waals surface area contributed by atoms with Crippen LogP contribution in [-0.2, 0) is 7.05 Å². The van der Waals surface area contributed by atoms with Crippen LogP contribution in [0.4, 0.5) is 11.6 Å². The molecule has 5 rings (SSSR count). The monoisotopic (exact) mass is 429 g/mol. The molecule has 1 N–H and O–H groups in total. The Morgan fingerprint density at radius 3 is 2.59 bits per heavy atom. The molecule has 1 fully saturated rings. The number of fused-ring (bicyclic) bond motifs is 1. The molecule has 0 unspecified atom stereocenters. The largest absolute Gasteiger partial charge is 0.354 e. The molecule has 1 aliphatic rings. The highest BCUT2D eigenvalue weighted by Crippen LogP contribution is 2.24. The van der Waals surface area contributed by atoms with Crippen molar-refractivity contribution in [2.24, 2.45) is 7.05 Å². The number of hydrogen-bond acceptors (Lipinski definition) is 8. The van der Waals surface area contributed by atoms with Crippen LogP contribution in [0.5, 0.6) is 0 Å². The SMILES string of the molecule is CN1CCN(c2cc(C(=O)Nc3cc4cc(-c5cnn(C)c5)ccc4nn3)ncn2)CC1. The van der Waals surface area contributed by atoms with Gasteiger partial charge in [0.1, 0.15) is 17.8 Å². The lowest BCUT2D eigenvalue weighted by Crippen LogP contribution is -2.44. The van der Waals surface area contributed by atoms with Gasteiger partial charge in [0.15, 0.2) is 5.82 Å². The van der Waals surface area contributed by atoms with Gasteiger partial charge in [-0.15, -0.1) is 10.2 Å². The number of nitrogens with one attached hydrogen (secondary N) is 1. The summed E-state index contributed by atoms with van der Waals surface area (Å²) in [6, 6.07) is 9.42. The first-order valence-corrected chi connectivity index (χ1v) is 10.4. The normalized spacial score (nSPS) is 14.6. The third-order valence-electron chi connectivity index (χ3n) is 5.58. The standard InChI is InChI=1S/C22H23N9O/c1-29-5-7-31(8-6-29)21-11-19(23-14-24-21)22(32)26-20-10-16-9-15(3-4-18(16)27-28-20)17-12-25-30(2)13-17/h3-4,9-14H,5-8H2,1-2H3,(H,26,28,32). The Morgan fingerprint density at radius 1 is 0.969 bits per heavy atom. The van der Waals surface area contributed by atoms with Crippen LogP contribution in [0.15, 0.2) is 49.1 Å². The molecule has 0 atom stereocenters. The Hall–Kier alpha value is -3.92. The fourth-order valence-electron chi connectivity index (χ4n) is 3.72. The van der Waals surface area contributed by atoms with Crippen LogP contribution >= 0.6 is 0 Å². The molecule has 10 nitrogen and oxygen atoms in total. The highest BCUT2D eigenvalue weighted by molar-refractivity contribution is 6.03. The fraction of sp³-hybridized carbons (Fsp3) is 0.273. The average Bonchev–Trinajstić information content (AvgIpc) is 3.25. The fourth-order valence-corrected chi connectivity index (χ4v) is 3.72. The second-order valence-corrected chi connectivity index (χ2v) is 7.91. The average molecular weight is 429 g/mol. The Labute approximate surface area is 184 Å². The summed E-state index contributed by atoms with van der Waals surface area (Å²) in [7, 11) is 3.98. The Morgan fingerprint density at radius 2 is 1.81 bits per heavy atom. The highest BCUT2D eigenvalue weighted by Gasteiger charge is 2.18. The molecule has 1 aromatic carbocycles. The summed E-state index contributed by atoms with van der Waals surface area (Å²) in [6.45, 7) is 3.65. The summed E-state index contributed by atoms with van der Waals surface area (Å²) < 4.78 is 1.76. The summed E-state index contributed by atoms with van der Waals surface area (Å²) in [5.74, 6) is 0.773. The Balaban J connectivity index is 1.36. The maximum Gasteiger partial charge on any atom is 0.275 e. The molecule has 4 heterocycles. The second-order valence-electron chi connectivity index (χ2n) is 7.91. The smallest absolute Gasteiger partial charge is 0.275 e. The molecule has 0 aliphatic carbocycles. The highest BCUT2D eigenvalue weighted by atomic mass is 16.2. The van der Waals surface area contributed by atoms with Gasteiger partial charge < -0.3 is 15.1 Å². The van der Waals surface area contributed by atoms with E-state index in [1.54, 1.807) is 10.7 Å². The number of aromatic nitrogens is 6. The minimum Gasteiger partial charge on any atom is -0.354 e. The van der Waals surface area contributed by atoms with E-state index in [1.165, 1.54) is 6.33 Å². The van der Waals surface area contributed by atoms with Crippen molar-refractivity contribution in [2.45, 2.75) is 0 Å². The maximum absolute atomic E-state index is 12.8. The molecule has 32 heavy (non-hydrogen) atoms. The summed E-state index contributed by atoms with van der Waals surface area (Å²) in [6.07, 6.45) is 5.19. The van der Waals surface area contributed by atoms with Gasteiger partial charge in [0, 0.05) is 56.4 Å². The summed E-state index contributed by atoms with van der Waals surface area (Å²) in [4.78, 5) is 25.7. The number of nitrogens with zero attached hydrogens (tertiary/aromatic N) is 8. The van der Waals surface area contributed by atoms with Gasteiger partial charge in [-0.1, -0.05) is 6.07 Å². The van der Waals surface area contributed by atoms with Crippen molar-refractivity contribution in [1.29, 1.82) is 0 Å². The van der Waals surface area contributed by atoms with Crippen LogP contribution in [0.3, 0.4) is 0 Å². The molecule has 0 bridgehead atoms. The van der Waals surface area contributed by atoms with Gasteiger partial charge in [-0.05, 0) is 30.8 Å². The third kappa shape index (κ3) is 4.12. The predicted octanol–water partition coefficient (Wildman–Crippen LogP) is 1.82. The number of carbonyl (C=O) groups excluding carboxylic acids is 1. The minimum absolute atomic E-state index is 0.292. The molecule has 1 aliphatic heterocycles. The van der Waals surface area contributed by atoms with E-state index < -0.39 is 0 Å². The van der Waals surface area contributed by atoms with E-state index in [2.05, 4.69) is 47.4 Å². The van der Waals surface area contributed by atoms with Gasteiger partial charge >= 0.3 is 0 Å². The topological polar surface area (TPSA) is 105 Å². The number of rotatable bonds is 4. The molecule has 10 heteroatoms. The van der Waals surface area contributed by atoms with Crippen LogP contribution in [0.2, 0.25) is 0 Å². The van der Waals surface area contributed by atoms with Gasteiger partial charge in [0.05, 0.1) is 11.7 Å². The van der Waals surface area contributed by atoms with E-state index in [0.29, 0.717) is 11.5 Å². The van der Waals surface area contributed by atoms with E-state index in [9.17, 15) is 4.79 Å². The number of benzene rings is 1. The summed E-state index contributed by atoms with van der Waals surface area (Å²) >= 11 is 0. The van der Waals surface area contributed by atoms with Crippen LogP contribution < -0.4 is 10.2 Å². The summed E-state index contributed by atoms with van der Waals surface area (Å²) in [5.41, 5.74) is 3.06. The lowest BCUT2D eigenvalue weighted by molar-refractivity contribution is 0.102. The molecule has 0 radical (unpaired) electrons. The van der Waals surface area contributed by atoms with Gasteiger partial charge in [0.2, 0.25) is 0 Å². The lowest BCUT2D eigenvalue weighted by Gasteiger charge is -2.33. The zero-order valence-corrected chi connectivity index (χ0v) is 17.9. The molecular weight excluding hydrogens is 406 g/mol. The van der Waals surface area contributed by atoms with Crippen molar-refractivity contribution in [1.82, 2.24) is 34.8 Å². The van der Waals surface area contributed by atoms with E-state index in [0.717, 1.165) is 54.0 Å². The Kier molecular flexibility index (Phi) is 5.20. The minimum atomic E-state index is -0.347. The van der Waals surface area contributed by atoms with Gasteiger partial charge in [-0.2, -0.15) is 5.10 Å². The van der Waals surface area contributed by atoms with Crippen LogP contribution in [0.1, 0.15) is 10.5 Å². The molecule has 3 aromatic heterocycles. The van der Waals surface area contributed by atoms with Crippen molar-refractivity contribution in [3.63, 3.8) is 0 Å². The van der Waals surface area contributed by atoms with E-state index in [1.807, 2.05) is 43.7 Å². The molecule has 0 spiro atoms. The quantitative estimate of drug-likeness (QED) is 0.524. The first-order valence-electron chi connectivity index (χ1n) is 10.4. The molecule has 1 amide bonds. The number of piperazine rings is 1. The molecular formula is C22H23N9O. The van der Waals surface area contributed by atoms with Crippen molar-refractivity contribution in [3.8, 4) is 11.1 Å². The van der Waals surface area contributed by atoms with Crippen molar-refractivity contribution < 1.29 is 4.79 Å². The number of hydrogen-bond donors (Lipinski definition) is 1. The first kappa shape index (κ1) is 20.0. The van der Waals surface area contributed by atoms with E-state index in [-0.39, 0.29) is 5.91 Å². The number of anilines is 2. The van der Waals surface area contributed by atoms with Crippen molar-refractivity contribution >= 4 is 28.4 Å². The van der Waals surface area contributed by atoms with Crippen LogP contribution in [0.25, 0.3) is 22.0 Å². The van der Waals surface area contributed by atoms with Gasteiger partial charge in [-0.3, -0.25) is 9.48 Å². The molecule has 1 saturated heterocycles. The second kappa shape index (κ2) is 8.31. The number of aryl methyl sites for hydroxylation is 1. The molecule has 4 aromatic rings. The van der Waals surface area contributed by atoms with Crippen LogP contribution in [0, 0.1) is 0 Å². The number of amides is 1. The zero-order chi connectivity index (χ0) is 22.1. The third-order valence-corrected chi connectivity index (χ3v) is 5.58. The summed E-state index contributed by atoms with van der Waals surface area (Å²) in [5, 5.41) is 16.3. The van der Waals surface area contributed by atoms with E-state index >= 15 is 0 Å². The number of carbonyl (C=O) groups is 1. The van der Waals surface area contributed by atoms with Gasteiger partial charge in [0.25, 0.3) is 5.91 Å². The first-order chi connectivity index (χ1) is 15.5. The number of likely N-dealkylation sites (N-methyl/N-ethyl adjacent to an activating group) is 1. The molecule has 0 saturated carbocycles. The maximum atomic E-state index is 12.8. The molecule has 162 valence electrons. The lowest BCUT2D eigenvalue weighted by atomic mass is 10.1. The van der Waals surface area contributed by atoms with E-state index in [4.69, 9.17) is 0 Å². The Bertz CT molecular complexity index is 1280. The van der Waals surface area contributed by atoms with Crippen molar-refractivity contribution in [2.75, 3.05) is 43.4 Å². The van der Waals surface area contributed by atoms with Crippen molar-refractivity contribution in [3.05, 3.63) is 54.7 Å².